The Morgan fingerprint density at radius 3 is 2.84 bits per heavy atom. The van der Waals surface area contributed by atoms with Gasteiger partial charge in [-0.05, 0) is 13.0 Å². The maximum Gasteiger partial charge on any atom is 0.404 e. The summed E-state index contributed by atoms with van der Waals surface area (Å²) < 4.78 is 40.8. The van der Waals surface area contributed by atoms with Gasteiger partial charge in [0.15, 0.2) is 11.2 Å². The Bertz CT molecular complexity index is 464. The molecule has 1 atom stereocenters. The maximum atomic E-state index is 13.1. The second kappa shape index (κ2) is 4.80. The Morgan fingerprint density at radius 2 is 2.37 bits per heavy atom. The molecule has 0 spiro atoms. The first-order valence-corrected chi connectivity index (χ1v) is 5.75. The zero-order valence-corrected chi connectivity index (χ0v) is 10.3. The van der Waals surface area contributed by atoms with Crippen LogP contribution >= 0.6 is 0 Å². The van der Waals surface area contributed by atoms with E-state index >= 15 is 0 Å². The second-order valence-corrected chi connectivity index (χ2v) is 4.55. The number of halogens is 3. The van der Waals surface area contributed by atoms with Crippen LogP contribution in [0.25, 0.3) is 0 Å². The van der Waals surface area contributed by atoms with Gasteiger partial charge in [-0.1, -0.05) is 0 Å². The quantitative estimate of drug-likeness (QED) is 0.814. The molecule has 0 bridgehead atoms. The van der Waals surface area contributed by atoms with Crippen molar-refractivity contribution < 1.29 is 18.0 Å². The number of amides is 1. The summed E-state index contributed by atoms with van der Waals surface area (Å²) in [5.74, 6) is -0.621. The van der Waals surface area contributed by atoms with Gasteiger partial charge in [0.05, 0.1) is 6.54 Å². The summed E-state index contributed by atoms with van der Waals surface area (Å²) in [5, 5.41) is 12.2. The molecule has 6 nitrogen and oxygen atoms in total. The van der Waals surface area contributed by atoms with E-state index in [1.807, 2.05) is 0 Å². The van der Waals surface area contributed by atoms with Crippen LogP contribution in [0.1, 0.15) is 12.2 Å². The predicted molar refractivity (Wildman–Crippen MR) is 58.8 cm³/mol. The highest BCUT2D eigenvalue weighted by molar-refractivity contribution is 5.84. The van der Waals surface area contributed by atoms with Crippen molar-refractivity contribution in [1.29, 1.82) is 0 Å². The Balaban J connectivity index is 2.07. The largest absolute Gasteiger partial charge is 0.404 e. The van der Waals surface area contributed by atoms with Gasteiger partial charge in [0.1, 0.15) is 6.33 Å². The Hall–Kier alpha value is -1.64. The van der Waals surface area contributed by atoms with E-state index in [1.165, 1.54) is 10.9 Å². The molecule has 0 saturated carbocycles. The average Bonchev–Trinajstić information content (AvgIpc) is 2.94. The Labute approximate surface area is 107 Å². The van der Waals surface area contributed by atoms with E-state index in [9.17, 15) is 18.0 Å². The summed E-state index contributed by atoms with van der Waals surface area (Å²) >= 11 is 0. The molecule has 2 N–H and O–H groups in total. The van der Waals surface area contributed by atoms with Gasteiger partial charge in [-0.15, -0.1) is 10.2 Å². The predicted octanol–water partition coefficient (Wildman–Crippen LogP) is -0.0267. The highest BCUT2D eigenvalue weighted by atomic mass is 19.4. The van der Waals surface area contributed by atoms with Crippen molar-refractivity contribution in [1.82, 2.24) is 25.4 Å². The second-order valence-electron chi connectivity index (χ2n) is 4.55. The van der Waals surface area contributed by atoms with Crippen LogP contribution < -0.4 is 10.6 Å². The van der Waals surface area contributed by atoms with E-state index in [0.29, 0.717) is 5.82 Å². The number of carbonyl (C=O) groups is 1. The van der Waals surface area contributed by atoms with Crippen LogP contribution in [0.15, 0.2) is 6.33 Å². The molecule has 2 heterocycles. The normalized spacial score (nSPS) is 23.6. The van der Waals surface area contributed by atoms with Gasteiger partial charge >= 0.3 is 6.18 Å². The first-order chi connectivity index (χ1) is 8.87. The zero-order valence-electron chi connectivity index (χ0n) is 10.3. The molecule has 0 radical (unpaired) electrons. The number of nitrogens with zero attached hydrogens (tertiary/aromatic N) is 3. The molecule has 1 saturated heterocycles. The minimum atomic E-state index is -4.57. The van der Waals surface area contributed by atoms with Crippen molar-refractivity contribution in [3.8, 4) is 0 Å². The lowest BCUT2D eigenvalue weighted by Gasteiger charge is -2.29. The monoisotopic (exact) mass is 277 g/mol. The molecule has 0 aliphatic carbocycles. The Kier molecular flexibility index (Phi) is 3.48. The smallest absolute Gasteiger partial charge is 0.348 e. The molecular formula is C10H14F3N5O. The van der Waals surface area contributed by atoms with Gasteiger partial charge in [0, 0.05) is 13.6 Å². The summed E-state index contributed by atoms with van der Waals surface area (Å²) in [6, 6.07) is 0. The molecule has 1 aromatic heterocycles. The van der Waals surface area contributed by atoms with Crippen LogP contribution in [-0.2, 0) is 18.4 Å². The zero-order chi connectivity index (χ0) is 14.1. The van der Waals surface area contributed by atoms with Gasteiger partial charge in [0.25, 0.3) is 0 Å². The van der Waals surface area contributed by atoms with Crippen molar-refractivity contribution in [3.05, 3.63) is 12.2 Å². The summed E-state index contributed by atoms with van der Waals surface area (Å²) in [6.45, 7) is -0.287. The first kappa shape index (κ1) is 13.8. The van der Waals surface area contributed by atoms with E-state index < -0.39 is 17.5 Å². The van der Waals surface area contributed by atoms with Crippen LogP contribution in [0.4, 0.5) is 13.2 Å². The third kappa shape index (κ3) is 2.42. The molecule has 106 valence electrons. The number of rotatable bonds is 3. The lowest BCUT2D eigenvalue weighted by Crippen LogP contribution is -2.52. The molecule has 1 fully saturated rings. The van der Waals surface area contributed by atoms with Gasteiger partial charge in [0.2, 0.25) is 5.91 Å². The van der Waals surface area contributed by atoms with Crippen molar-refractivity contribution in [3.63, 3.8) is 0 Å². The molecule has 19 heavy (non-hydrogen) atoms. The fourth-order valence-corrected chi connectivity index (χ4v) is 2.05. The van der Waals surface area contributed by atoms with Crippen molar-refractivity contribution in [2.75, 3.05) is 13.1 Å². The van der Waals surface area contributed by atoms with Crippen molar-refractivity contribution >= 4 is 5.91 Å². The van der Waals surface area contributed by atoms with Gasteiger partial charge in [-0.2, -0.15) is 13.2 Å². The minimum Gasteiger partial charge on any atom is -0.348 e. The van der Waals surface area contributed by atoms with Crippen LogP contribution in [0.2, 0.25) is 0 Å². The summed E-state index contributed by atoms with van der Waals surface area (Å²) in [6.07, 6.45) is -3.40. The van der Waals surface area contributed by atoms with Crippen LogP contribution in [0.5, 0.6) is 0 Å². The molecule has 1 aliphatic heterocycles. The summed E-state index contributed by atoms with van der Waals surface area (Å²) in [5.41, 5.74) is -2.34. The first-order valence-electron chi connectivity index (χ1n) is 5.75. The number of aromatic nitrogens is 3. The third-order valence-electron chi connectivity index (χ3n) is 3.34. The average molecular weight is 277 g/mol. The lowest BCUT2D eigenvalue weighted by molar-refractivity contribution is -0.216. The number of hydrogen-bond donors (Lipinski definition) is 2. The number of carbonyl (C=O) groups excluding carboxylic acids is 1. The highest BCUT2D eigenvalue weighted by Crippen LogP contribution is 2.43. The molecule has 1 aromatic rings. The third-order valence-corrected chi connectivity index (χ3v) is 3.34. The van der Waals surface area contributed by atoms with Crippen LogP contribution in [-0.4, -0.2) is 39.9 Å². The van der Waals surface area contributed by atoms with E-state index in [4.69, 9.17) is 0 Å². The molecule has 9 heteroatoms. The summed E-state index contributed by atoms with van der Waals surface area (Å²) in [7, 11) is 1.65. The number of alkyl halides is 3. The molecular weight excluding hydrogens is 263 g/mol. The van der Waals surface area contributed by atoms with Crippen molar-refractivity contribution in [2.45, 2.75) is 19.1 Å². The maximum absolute atomic E-state index is 13.1. The molecule has 1 aliphatic rings. The standard InChI is InChI=1S/C10H14F3N5O/c1-18-6-16-17-7(18)4-15-8(19)9(10(11,12)13)2-3-14-5-9/h6,14H,2-5H2,1H3,(H,15,19). The van der Waals surface area contributed by atoms with Gasteiger partial charge in [-0.25, -0.2) is 0 Å². The van der Waals surface area contributed by atoms with Crippen LogP contribution in [0, 0.1) is 5.41 Å². The van der Waals surface area contributed by atoms with E-state index in [0.717, 1.165) is 0 Å². The van der Waals surface area contributed by atoms with E-state index in [-0.39, 0.29) is 26.1 Å². The van der Waals surface area contributed by atoms with E-state index in [2.05, 4.69) is 20.8 Å². The fourth-order valence-electron chi connectivity index (χ4n) is 2.05. The molecule has 1 unspecified atom stereocenters. The van der Waals surface area contributed by atoms with Crippen molar-refractivity contribution in [2.24, 2.45) is 12.5 Å². The van der Waals surface area contributed by atoms with E-state index in [1.54, 1.807) is 7.05 Å². The van der Waals surface area contributed by atoms with Crippen LogP contribution in [0.3, 0.4) is 0 Å². The SMILES string of the molecule is Cn1cnnc1CNC(=O)C1(C(F)(F)F)CCNC1. The lowest BCUT2D eigenvalue weighted by atomic mass is 9.85. The van der Waals surface area contributed by atoms with Gasteiger partial charge in [-0.3, -0.25) is 4.79 Å². The Morgan fingerprint density at radius 1 is 1.63 bits per heavy atom. The number of hydrogen-bond acceptors (Lipinski definition) is 4. The van der Waals surface area contributed by atoms with Gasteiger partial charge < -0.3 is 15.2 Å². The highest BCUT2D eigenvalue weighted by Gasteiger charge is 2.61. The summed E-state index contributed by atoms with van der Waals surface area (Å²) in [4.78, 5) is 11.9. The topological polar surface area (TPSA) is 71.8 Å². The number of nitrogens with one attached hydrogen (secondary N) is 2. The number of aryl methyl sites for hydroxylation is 1. The fraction of sp³-hybridized carbons (Fsp3) is 0.700. The molecule has 1 amide bonds. The molecule has 2 rings (SSSR count). The molecule has 0 aromatic carbocycles. The minimum absolute atomic E-state index is 0.0762.